The van der Waals surface area contributed by atoms with Gasteiger partial charge in [0.2, 0.25) is 5.95 Å². The Balaban J connectivity index is 1.49. The van der Waals surface area contributed by atoms with E-state index in [1.165, 1.54) is 0 Å². The maximum Gasteiger partial charge on any atom is 0.223 e. The average Bonchev–Trinajstić information content (AvgIpc) is 3.34. The highest BCUT2D eigenvalue weighted by atomic mass is 32.2. The highest BCUT2D eigenvalue weighted by Gasteiger charge is 2.18. The average molecular weight is 514 g/mol. The number of ether oxygens (including phenoxy) is 1. The van der Waals surface area contributed by atoms with Crippen LogP contribution >= 0.6 is 11.8 Å². The summed E-state index contributed by atoms with van der Waals surface area (Å²) in [6.45, 7) is 11.9. The lowest BCUT2D eigenvalue weighted by atomic mass is 10.0. The van der Waals surface area contributed by atoms with Crippen LogP contribution in [0.3, 0.4) is 0 Å². The van der Waals surface area contributed by atoms with E-state index in [1.807, 2.05) is 51.1 Å². The van der Waals surface area contributed by atoms with Crippen molar-refractivity contribution in [2.75, 3.05) is 18.4 Å². The van der Waals surface area contributed by atoms with Crippen LogP contribution in [0.2, 0.25) is 0 Å². The third-order valence-electron chi connectivity index (χ3n) is 6.16. The number of rotatable bonds is 8. The lowest BCUT2D eigenvalue weighted by Gasteiger charge is -2.24. The Kier molecular flexibility index (Phi) is 7.58. The number of nitrogens with one attached hydrogen (secondary N) is 2. The SMILES string of the molecule is C=C(C)S/C(=C(\C)Oc1ccc(-c2coc(C)n2)c2ccccc12)c1ccnc(NC2CCCNC2)n1. The number of thioether (sulfide) groups is 1. The van der Waals surface area contributed by atoms with Crippen LogP contribution in [-0.4, -0.2) is 34.1 Å². The molecule has 1 fully saturated rings. The molecule has 1 aliphatic rings. The van der Waals surface area contributed by atoms with Gasteiger partial charge in [-0.05, 0) is 61.7 Å². The first-order valence-corrected chi connectivity index (χ1v) is 13.3. The third-order valence-corrected chi connectivity index (χ3v) is 7.21. The van der Waals surface area contributed by atoms with E-state index in [-0.39, 0.29) is 0 Å². The smallest absolute Gasteiger partial charge is 0.223 e. The molecule has 3 heterocycles. The summed E-state index contributed by atoms with van der Waals surface area (Å²) in [4.78, 5) is 15.7. The van der Waals surface area contributed by atoms with Crippen LogP contribution in [0.1, 0.15) is 38.3 Å². The quantitative estimate of drug-likeness (QED) is 0.249. The van der Waals surface area contributed by atoms with Gasteiger partial charge in [0, 0.05) is 36.7 Å². The number of fused-ring (bicyclic) bond motifs is 1. The second-order valence-corrected chi connectivity index (χ2v) is 10.5. The Morgan fingerprint density at radius 3 is 2.70 bits per heavy atom. The van der Waals surface area contributed by atoms with Gasteiger partial charge in [-0.15, -0.1) is 0 Å². The van der Waals surface area contributed by atoms with Crippen molar-refractivity contribution in [1.29, 1.82) is 0 Å². The van der Waals surface area contributed by atoms with E-state index >= 15 is 0 Å². The maximum absolute atomic E-state index is 6.51. The molecule has 0 bridgehead atoms. The van der Waals surface area contributed by atoms with E-state index in [2.05, 4.69) is 39.3 Å². The minimum Gasteiger partial charge on any atom is -0.460 e. The number of piperidine rings is 1. The Labute approximate surface area is 221 Å². The van der Waals surface area contributed by atoms with Crippen LogP contribution in [0.4, 0.5) is 5.95 Å². The number of hydrogen-bond donors (Lipinski definition) is 2. The normalized spacial score (nSPS) is 16.4. The summed E-state index contributed by atoms with van der Waals surface area (Å²) in [5.74, 6) is 2.76. The van der Waals surface area contributed by atoms with Crippen molar-refractivity contribution in [3.8, 4) is 17.0 Å². The molecule has 0 radical (unpaired) electrons. The zero-order chi connectivity index (χ0) is 25.8. The number of benzene rings is 2. The standard InChI is InChI=1S/C29H31N5O2S/c1-18(2)37-28(25-13-15-31-29(34-25)33-21-8-7-14-30-16-21)19(3)36-27-12-11-23(26-17-35-20(4)32-26)22-9-5-6-10-24(22)27/h5-6,9-13,15,17,21,30H,1,7-8,14,16H2,2-4H3,(H,31,33,34)/b28-19+. The fourth-order valence-corrected chi connectivity index (χ4v) is 5.23. The van der Waals surface area contributed by atoms with Gasteiger partial charge >= 0.3 is 0 Å². The van der Waals surface area contributed by atoms with Gasteiger partial charge in [0.05, 0.1) is 10.6 Å². The number of anilines is 1. The summed E-state index contributed by atoms with van der Waals surface area (Å²) in [5.41, 5.74) is 2.60. The molecule has 1 atom stereocenters. The predicted octanol–water partition coefficient (Wildman–Crippen LogP) is 6.79. The molecule has 1 aliphatic heterocycles. The lowest BCUT2D eigenvalue weighted by molar-refractivity contribution is 0.437. The molecule has 2 N–H and O–H groups in total. The topological polar surface area (TPSA) is 85.1 Å². The molecule has 1 saturated heterocycles. The molecule has 0 aliphatic carbocycles. The van der Waals surface area contributed by atoms with Crippen molar-refractivity contribution < 1.29 is 9.15 Å². The Morgan fingerprint density at radius 2 is 1.97 bits per heavy atom. The van der Waals surface area contributed by atoms with Crippen LogP contribution in [0.15, 0.2) is 76.6 Å². The van der Waals surface area contributed by atoms with Crippen molar-refractivity contribution in [1.82, 2.24) is 20.3 Å². The molecule has 5 rings (SSSR count). The lowest BCUT2D eigenvalue weighted by Crippen LogP contribution is -2.38. The van der Waals surface area contributed by atoms with Gasteiger partial charge < -0.3 is 19.8 Å². The van der Waals surface area contributed by atoms with Gasteiger partial charge in [0.15, 0.2) is 5.89 Å². The van der Waals surface area contributed by atoms with Crippen LogP contribution in [0.25, 0.3) is 26.9 Å². The molecule has 0 spiro atoms. The summed E-state index contributed by atoms with van der Waals surface area (Å²) >= 11 is 1.55. The molecule has 0 saturated carbocycles. The number of nitrogens with zero attached hydrogens (tertiary/aromatic N) is 3. The molecule has 1 unspecified atom stereocenters. The van der Waals surface area contributed by atoms with Crippen molar-refractivity contribution in [3.63, 3.8) is 0 Å². The first-order valence-electron chi connectivity index (χ1n) is 12.4. The number of oxazole rings is 1. The van der Waals surface area contributed by atoms with Crippen LogP contribution in [-0.2, 0) is 0 Å². The van der Waals surface area contributed by atoms with Crippen molar-refractivity contribution in [2.24, 2.45) is 0 Å². The highest BCUT2D eigenvalue weighted by Crippen LogP contribution is 2.39. The van der Waals surface area contributed by atoms with E-state index < -0.39 is 0 Å². The Hall–Kier alpha value is -3.62. The molecular weight excluding hydrogens is 482 g/mol. The second-order valence-electron chi connectivity index (χ2n) is 9.15. The van der Waals surface area contributed by atoms with E-state index in [9.17, 15) is 0 Å². The van der Waals surface area contributed by atoms with Gasteiger partial charge in [0.1, 0.15) is 23.5 Å². The van der Waals surface area contributed by atoms with Gasteiger partial charge in [-0.3, -0.25) is 0 Å². The summed E-state index contributed by atoms with van der Waals surface area (Å²) in [6.07, 6.45) is 5.72. The van der Waals surface area contributed by atoms with Crippen molar-refractivity contribution in [3.05, 3.63) is 83.8 Å². The summed E-state index contributed by atoms with van der Waals surface area (Å²) in [6, 6.07) is 14.4. The molecule has 4 aromatic rings. The number of aryl methyl sites for hydroxylation is 1. The molecule has 2 aromatic carbocycles. The van der Waals surface area contributed by atoms with E-state index in [0.29, 0.717) is 17.9 Å². The minimum absolute atomic E-state index is 0.320. The third kappa shape index (κ3) is 5.87. The Bertz CT molecular complexity index is 1460. The molecule has 37 heavy (non-hydrogen) atoms. The summed E-state index contributed by atoms with van der Waals surface area (Å²) in [5, 5.41) is 8.94. The fraction of sp³-hybridized carbons (Fsp3) is 0.276. The van der Waals surface area contributed by atoms with Gasteiger partial charge in [-0.2, -0.15) is 0 Å². The first-order chi connectivity index (χ1) is 18.0. The van der Waals surface area contributed by atoms with E-state index in [4.69, 9.17) is 14.1 Å². The maximum atomic E-state index is 6.51. The molecule has 7 nitrogen and oxygen atoms in total. The van der Waals surface area contributed by atoms with Gasteiger partial charge in [0.25, 0.3) is 0 Å². The van der Waals surface area contributed by atoms with Crippen LogP contribution in [0, 0.1) is 6.92 Å². The fourth-order valence-electron chi connectivity index (χ4n) is 4.47. The number of aromatic nitrogens is 3. The van der Waals surface area contributed by atoms with Crippen molar-refractivity contribution >= 4 is 33.4 Å². The predicted molar refractivity (Wildman–Crippen MR) is 151 cm³/mol. The van der Waals surface area contributed by atoms with Gasteiger partial charge in [-0.1, -0.05) is 42.6 Å². The molecule has 190 valence electrons. The van der Waals surface area contributed by atoms with Gasteiger partial charge in [-0.25, -0.2) is 15.0 Å². The zero-order valence-corrected chi connectivity index (χ0v) is 22.2. The van der Waals surface area contributed by atoms with Crippen LogP contribution in [0.5, 0.6) is 5.75 Å². The molecule has 8 heteroatoms. The summed E-state index contributed by atoms with van der Waals surface area (Å²) in [7, 11) is 0. The first kappa shape index (κ1) is 25.0. The van der Waals surface area contributed by atoms with E-state index in [1.54, 1.807) is 24.2 Å². The molecule has 2 aromatic heterocycles. The largest absolute Gasteiger partial charge is 0.460 e. The van der Waals surface area contributed by atoms with E-state index in [0.717, 1.165) is 75.0 Å². The van der Waals surface area contributed by atoms with Crippen LogP contribution < -0.4 is 15.4 Å². The minimum atomic E-state index is 0.320. The highest BCUT2D eigenvalue weighted by molar-refractivity contribution is 8.11. The monoisotopic (exact) mass is 513 g/mol. The molecule has 0 amide bonds. The zero-order valence-electron chi connectivity index (χ0n) is 21.4. The Morgan fingerprint density at radius 1 is 1.14 bits per heavy atom. The number of hydrogen-bond acceptors (Lipinski definition) is 8. The number of allylic oxidation sites excluding steroid dienone is 2. The summed E-state index contributed by atoms with van der Waals surface area (Å²) < 4.78 is 12.0. The van der Waals surface area contributed by atoms with Crippen molar-refractivity contribution in [2.45, 2.75) is 39.7 Å². The second kappa shape index (κ2) is 11.2. The molecular formula is C29H31N5O2S.